The number of ether oxygens (including phenoxy) is 2. The normalized spacial score (nSPS) is 19.8. The van der Waals surface area contributed by atoms with Crippen molar-refractivity contribution in [2.75, 3.05) is 0 Å². The number of halogens is 1. The lowest BCUT2D eigenvalue weighted by Crippen LogP contribution is -2.34. The van der Waals surface area contributed by atoms with E-state index >= 15 is 0 Å². The van der Waals surface area contributed by atoms with Crippen LogP contribution in [0.2, 0.25) is 5.02 Å². The third-order valence-electron chi connectivity index (χ3n) is 5.47. The lowest BCUT2D eigenvalue weighted by molar-refractivity contribution is -0.151. The van der Waals surface area contributed by atoms with Crippen LogP contribution in [-0.4, -0.2) is 12.1 Å². The Kier molecular flexibility index (Phi) is 7.55. The second-order valence-corrected chi connectivity index (χ2v) is 8.43. The molecule has 0 heterocycles. The predicted molar refractivity (Wildman–Crippen MR) is 121 cm³/mol. The van der Waals surface area contributed by atoms with Crippen LogP contribution in [0.4, 0.5) is 0 Å². The van der Waals surface area contributed by atoms with Crippen molar-refractivity contribution in [2.24, 2.45) is 17.8 Å². The van der Waals surface area contributed by atoms with Gasteiger partial charge in [0.05, 0.1) is 5.92 Å². The molecule has 0 bridgehead atoms. The van der Waals surface area contributed by atoms with Gasteiger partial charge >= 0.3 is 5.97 Å². The van der Waals surface area contributed by atoms with Crippen molar-refractivity contribution in [3.05, 3.63) is 89.2 Å². The molecule has 0 spiro atoms. The molecule has 4 atom stereocenters. The molecule has 3 rings (SSSR count). The molecule has 160 valence electrons. The number of carbonyl (C=O) groups is 1. The number of esters is 1. The minimum Gasteiger partial charge on any atom is -0.461 e. The van der Waals surface area contributed by atoms with E-state index in [2.05, 4.69) is 6.07 Å². The second-order valence-electron chi connectivity index (χ2n) is 7.99. The van der Waals surface area contributed by atoms with E-state index < -0.39 is 18.0 Å². The summed E-state index contributed by atoms with van der Waals surface area (Å²) < 4.78 is 11.8. The van der Waals surface area contributed by atoms with Gasteiger partial charge in [0, 0.05) is 16.9 Å². The van der Waals surface area contributed by atoms with Gasteiger partial charge in [-0.3, -0.25) is 4.79 Å². The van der Waals surface area contributed by atoms with Gasteiger partial charge in [0.2, 0.25) is 0 Å². The predicted octanol–water partition coefficient (Wildman–Crippen LogP) is 6.30. The first-order valence-electron chi connectivity index (χ1n) is 10.4. The monoisotopic (exact) mass is 435 g/mol. The summed E-state index contributed by atoms with van der Waals surface area (Å²) >= 11 is 5.99. The molecule has 0 radical (unpaired) electrons. The number of benzene rings is 2. The number of allylic oxidation sites excluding steroid dienone is 3. The largest absolute Gasteiger partial charge is 0.461 e. The van der Waals surface area contributed by atoms with Crippen molar-refractivity contribution in [3.8, 4) is 11.8 Å². The topological polar surface area (TPSA) is 59.3 Å². The van der Waals surface area contributed by atoms with Gasteiger partial charge in [-0.25, -0.2) is 0 Å². The fourth-order valence-electron chi connectivity index (χ4n) is 3.75. The van der Waals surface area contributed by atoms with Crippen molar-refractivity contribution >= 4 is 17.6 Å². The van der Waals surface area contributed by atoms with Crippen molar-refractivity contribution in [1.29, 1.82) is 5.26 Å². The van der Waals surface area contributed by atoms with Crippen molar-refractivity contribution < 1.29 is 14.3 Å². The van der Waals surface area contributed by atoms with E-state index in [1.165, 1.54) is 0 Å². The molecular weight excluding hydrogens is 410 g/mol. The summed E-state index contributed by atoms with van der Waals surface area (Å²) in [5.41, 5.74) is 0.821. The van der Waals surface area contributed by atoms with Gasteiger partial charge in [-0.1, -0.05) is 74.9 Å². The van der Waals surface area contributed by atoms with Crippen molar-refractivity contribution in [1.82, 2.24) is 0 Å². The third-order valence-corrected chi connectivity index (χ3v) is 5.72. The Balaban J connectivity index is 1.74. The smallest absolute Gasteiger partial charge is 0.315 e. The van der Waals surface area contributed by atoms with E-state index in [-0.39, 0.29) is 17.8 Å². The van der Waals surface area contributed by atoms with Gasteiger partial charge < -0.3 is 9.47 Å². The maximum Gasteiger partial charge on any atom is 0.315 e. The number of hydrogen-bond acceptors (Lipinski definition) is 4. The summed E-state index contributed by atoms with van der Waals surface area (Å²) in [7, 11) is 0. The van der Waals surface area contributed by atoms with Crippen LogP contribution < -0.4 is 4.74 Å². The van der Waals surface area contributed by atoms with E-state index in [1.54, 1.807) is 12.1 Å². The second kappa shape index (κ2) is 10.3. The minimum atomic E-state index is -0.921. The molecule has 4 nitrogen and oxygen atoms in total. The first kappa shape index (κ1) is 22.7. The summed E-state index contributed by atoms with van der Waals surface area (Å²) in [6.45, 7) is 5.89. The SMILES string of the molecule is CC(C)C(C(=O)OC(C#N)C1C=CC=C(Oc2ccccc2)C1C)c1ccc(Cl)cc1. The number of hydrogen-bond donors (Lipinski definition) is 0. The zero-order valence-electron chi connectivity index (χ0n) is 17.9. The number of nitriles is 1. The van der Waals surface area contributed by atoms with E-state index in [0.717, 1.165) is 17.1 Å². The van der Waals surface area contributed by atoms with Crippen LogP contribution >= 0.6 is 11.6 Å². The molecule has 1 aliphatic rings. The summed E-state index contributed by atoms with van der Waals surface area (Å²) in [6, 6.07) is 18.8. The Morgan fingerprint density at radius 2 is 1.77 bits per heavy atom. The molecule has 5 heteroatoms. The van der Waals surface area contributed by atoms with Gasteiger partial charge in [-0.15, -0.1) is 0 Å². The van der Waals surface area contributed by atoms with Crippen LogP contribution in [0.3, 0.4) is 0 Å². The highest BCUT2D eigenvalue weighted by molar-refractivity contribution is 6.30. The van der Waals surface area contributed by atoms with Crippen LogP contribution in [-0.2, 0) is 9.53 Å². The Bertz CT molecular complexity index is 990. The highest BCUT2D eigenvalue weighted by atomic mass is 35.5. The van der Waals surface area contributed by atoms with Gasteiger partial charge in [0.15, 0.2) is 6.10 Å². The molecule has 0 saturated carbocycles. The molecular formula is C26H26ClNO3. The highest BCUT2D eigenvalue weighted by Gasteiger charge is 2.35. The molecule has 31 heavy (non-hydrogen) atoms. The third kappa shape index (κ3) is 5.57. The molecule has 1 aliphatic carbocycles. The van der Waals surface area contributed by atoms with E-state index in [1.807, 2.05) is 81.5 Å². The fourth-order valence-corrected chi connectivity index (χ4v) is 3.88. The summed E-state index contributed by atoms with van der Waals surface area (Å²) in [4.78, 5) is 13.1. The fraction of sp³-hybridized carbons (Fsp3) is 0.308. The standard InChI is InChI=1S/C26H26ClNO3/c1-17(2)25(19-12-14-20(27)15-13-19)26(29)31-24(16-28)22-10-7-11-23(18(22)3)30-21-8-5-4-6-9-21/h4-15,17-18,22,24-25H,1-3H3. The zero-order valence-corrected chi connectivity index (χ0v) is 18.6. The number of nitrogens with zero attached hydrogens (tertiary/aromatic N) is 1. The average Bonchev–Trinajstić information content (AvgIpc) is 2.76. The number of rotatable bonds is 7. The summed E-state index contributed by atoms with van der Waals surface area (Å²) in [5.74, 6) is 0.127. The van der Waals surface area contributed by atoms with Gasteiger partial charge in [0.1, 0.15) is 17.6 Å². The Hall–Kier alpha value is -3.03. The first-order valence-corrected chi connectivity index (χ1v) is 10.8. The molecule has 0 saturated heterocycles. The molecule has 4 unspecified atom stereocenters. The Labute approximate surface area is 188 Å². The minimum absolute atomic E-state index is 0.00390. The van der Waals surface area contributed by atoms with E-state index in [0.29, 0.717) is 5.02 Å². The van der Waals surface area contributed by atoms with E-state index in [9.17, 15) is 10.1 Å². The molecule has 2 aromatic rings. The first-order chi connectivity index (χ1) is 14.9. The molecule has 0 fully saturated rings. The molecule has 0 amide bonds. The highest BCUT2D eigenvalue weighted by Crippen LogP contribution is 2.33. The van der Waals surface area contributed by atoms with Gasteiger partial charge in [-0.05, 0) is 41.8 Å². The van der Waals surface area contributed by atoms with Crippen molar-refractivity contribution in [2.45, 2.75) is 32.8 Å². The van der Waals surface area contributed by atoms with Crippen LogP contribution in [0.1, 0.15) is 32.3 Å². The van der Waals surface area contributed by atoms with Crippen molar-refractivity contribution in [3.63, 3.8) is 0 Å². The van der Waals surface area contributed by atoms with Crippen LogP contribution in [0, 0.1) is 29.1 Å². The quantitative estimate of drug-likeness (QED) is 0.479. The van der Waals surface area contributed by atoms with Crippen LogP contribution in [0.25, 0.3) is 0 Å². The van der Waals surface area contributed by atoms with Crippen LogP contribution in [0.5, 0.6) is 5.75 Å². The Morgan fingerprint density at radius 3 is 2.39 bits per heavy atom. The molecule has 0 N–H and O–H groups in total. The lowest BCUT2D eigenvalue weighted by atomic mass is 9.84. The average molecular weight is 436 g/mol. The number of para-hydroxylation sites is 1. The van der Waals surface area contributed by atoms with Crippen LogP contribution in [0.15, 0.2) is 78.6 Å². The number of carbonyl (C=O) groups excluding carboxylic acids is 1. The maximum absolute atomic E-state index is 13.1. The molecule has 2 aromatic carbocycles. The van der Waals surface area contributed by atoms with E-state index in [4.69, 9.17) is 21.1 Å². The maximum atomic E-state index is 13.1. The Morgan fingerprint density at radius 1 is 1.10 bits per heavy atom. The molecule has 0 aliphatic heterocycles. The van der Waals surface area contributed by atoms with Gasteiger partial charge in [-0.2, -0.15) is 5.26 Å². The zero-order chi connectivity index (χ0) is 22.4. The molecule has 0 aromatic heterocycles. The summed E-state index contributed by atoms with van der Waals surface area (Å²) in [5, 5.41) is 10.4. The van der Waals surface area contributed by atoms with Gasteiger partial charge in [0.25, 0.3) is 0 Å². The summed E-state index contributed by atoms with van der Waals surface area (Å²) in [6.07, 6.45) is 4.71. The lowest BCUT2D eigenvalue weighted by Gasteiger charge is -2.30.